The Balaban J connectivity index is 0.000000212. The van der Waals surface area contributed by atoms with E-state index in [1.54, 1.807) is 7.11 Å². The van der Waals surface area contributed by atoms with Crippen LogP contribution in [-0.2, 0) is 0 Å². The summed E-state index contributed by atoms with van der Waals surface area (Å²) in [6.45, 7) is 5.10. The fourth-order valence-electron chi connectivity index (χ4n) is 3.05. The van der Waals surface area contributed by atoms with Gasteiger partial charge in [-0.05, 0) is 88.4 Å². The van der Waals surface area contributed by atoms with Gasteiger partial charge in [0.1, 0.15) is 29.1 Å². The first-order chi connectivity index (χ1) is 18.1. The molecule has 0 saturated heterocycles. The molecule has 38 heavy (non-hydrogen) atoms. The maximum Gasteiger partial charge on any atom is 0.387 e. The van der Waals surface area contributed by atoms with Crippen molar-refractivity contribution in [3.05, 3.63) is 101 Å². The third-order valence-electron chi connectivity index (χ3n) is 4.85. The number of carbonyl (C=O) groups is 1. The molecule has 0 bridgehead atoms. The Labute approximate surface area is 226 Å². The van der Waals surface area contributed by atoms with Crippen LogP contribution in [0, 0.1) is 6.92 Å². The summed E-state index contributed by atoms with van der Waals surface area (Å²) < 4.78 is 38.0. The second kappa shape index (κ2) is 15.3. The van der Waals surface area contributed by atoms with Crippen molar-refractivity contribution >= 4 is 40.3 Å². The molecule has 0 N–H and O–H groups in total. The number of methoxy groups -OCH3 is 1. The number of hydrogen-bond acceptors (Lipinski definition) is 5. The number of aliphatic imine (C=N–C) groups is 1. The van der Waals surface area contributed by atoms with E-state index in [1.807, 2.05) is 75.4 Å². The van der Waals surface area contributed by atoms with Crippen molar-refractivity contribution in [3.63, 3.8) is 0 Å². The molecule has 0 radical (unpaired) electrons. The molecular formula is C30H30ClF2NO4. The molecular weight excluding hydrogens is 512 g/mol. The summed E-state index contributed by atoms with van der Waals surface area (Å²) in [6.07, 6.45) is 2.57. The quantitative estimate of drug-likeness (QED) is 0.180. The van der Waals surface area contributed by atoms with Crippen LogP contribution in [0.3, 0.4) is 0 Å². The van der Waals surface area contributed by atoms with Crippen molar-refractivity contribution < 1.29 is 27.5 Å². The van der Waals surface area contributed by atoms with Crippen LogP contribution in [0.2, 0.25) is 5.02 Å². The van der Waals surface area contributed by atoms with Crippen molar-refractivity contribution in [2.24, 2.45) is 4.99 Å². The van der Waals surface area contributed by atoms with E-state index in [-0.39, 0.29) is 5.75 Å². The normalized spacial score (nSPS) is 10.6. The lowest BCUT2D eigenvalue weighted by molar-refractivity contribution is -0.0498. The zero-order valence-electron chi connectivity index (χ0n) is 21.9. The molecule has 4 rings (SSSR count). The average Bonchev–Trinajstić information content (AvgIpc) is 3.31. The molecule has 1 heterocycles. The van der Waals surface area contributed by atoms with Crippen LogP contribution in [0.5, 0.6) is 11.5 Å². The highest BCUT2D eigenvalue weighted by atomic mass is 35.5. The van der Waals surface area contributed by atoms with Gasteiger partial charge >= 0.3 is 6.61 Å². The molecule has 200 valence electrons. The van der Waals surface area contributed by atoms with Crippen molar-refractivity contribution in [2.45, 2.75) is 34.3 Å². The molecule has 4 aromatic rings. The molecule has 5 nitrogen and oxygen atoms in total. The van der Waals surface area contributed by atoms with Crippen molar-refractivity contribution in [1.82, 2.24) is 0 Å². The standard InChI is InChI=1S/C14H14ClNO.C8H6F2O2.C8H10O/c1-4-12(16-9(2)3)14-8-10-7-11(15)5-6-13(10)17-14;9-8(10)12-7-3-1-6(5-11)2-4-7;1-7-3-5-8(9-2)6-4-7/h4-8H,1-3H3;1-5,8H;3-6H,1-2H3/b12-4-;;. The predicted molar refractivity (Wildman–Crippen MR) is 150 cm³/mol. The minimum Gasteiger partial charge on any atom is -0.497 e. The Morgan fingerprint density at radius 3 is 2.13 bits per heavy atom. The third kappa shape index (κ3) is 10.2. The highest BCUT2D eigenvalue weighted by Crippen LogP contribution is 2.27. The van der Waals surface area contributed by atoms with Crippen LogP contribution in [0.25, 0.3) is 16.7 Å². The third-order valence-corrected chi connectivity index (χ3v) is 5.08. The monoisotopic (exact) mass is 541 g/mol. The summed E-state index contributed by atoms with van der Waals surface area (Å²) in [6, 6.07) is 20.9. The number of carbonyl (C=O) groups excluding carboxylic acids is 1. The first-order valence-electron chi connectivity index (χ1n) is 11.6. The number of nitrogens with zero attached hydrogens (tertiary/aromatic N) is 1. The molecule has 0 atom stereocenters. The van der Waals surface area contributed by atoms with Crippen LogP contribution in [0.4, 0.5) is 8.78 Å². The first-order valence-corrected chi connectivity index (χ1v) is 12.0. The number of hydrogen-bond donors (Lipinski definition) is 0. The maximum absolute atomic E-state index is 11.6. The Morgan fingerprint density at radius 1 is 0.974 bits per heavy atom. The van der Waals surface area contributed by atoms with Crippen LogP contribution < -0.4 is 9.47 Å². The van der Waals surface area contributed by atoms with Crippen molar-refractivity contribution in [3.8, 4) is 11.5 Å². The first kappa shape index (κ1) is 30.3. The number of alkyl halides is 2. The van der Waals surface area contributed by atoms with E-state index in [0.29, 0.717) is 16.9 Å². The molecule has 0 saturated carbocycles. The SMILES string of the molecule is C/C=C(\N=C(C)C)c1cc2cc(Cl)ccc2o1.COc1ccc(C)cc1.O=Cc1ccc(OC(F)F)cc1. The van der Waals surface area contributed by atoms with Gasteiger partial charge in [0.2, 0.25) is 0 Å². The van der Waals surface area contributed by atoms with Gasteiger partial charge in [0.05, 0.1) is 7.11 Å². The second-order valence-corrected chi connectivity index (χ2v) is 8.54. The Kier molecular flexibility index (Phi) is 12.2. The van der Waals surface area contributed by atoms with Gasteiger partial charge in [-0.2, -0.15) is 8.78 Å². The lowest BCUT2D eigenvalue weighted by Crippen LogP contribution is -2.01. The van der Waals surface area contributed by atoms with Gasteiger partial charge in [0.15, 0.2) is 5.76 Å². The van der Waals surface area contributed by atoms with Crippen LogP contribution in [0.1, 0.15) is 42.5 Å². The molecule has 0 aliphatic rings. The zero-order valence-corrected chi connectivity index (χ0v) is 22.6. The maximum atomic E-state index is 11.6. The largest absolute Gasteiger partial charge is 0.497 e. The molecule has 0 aliphatic heterocycles. The average molecular weight is 542 g/mol. The topological polar surface area (TPSA) is 61.0 Å². The molecule has 0 aliphatic carbocycles. The summed E-state index contributed by atoms with van der Waals surface area (Å²) >= 11 is 5.94. The predicted octanol–water partition coefficient (Wildman–Crippen LogP) is 9.03. The van der Waals surface area contributed by atoms with Gasteiger partial charge in [-0.15, -0.1) is 0 Å². The number of fused-ring (bicyclic) bond motifs is 1. The van der Waals surface area contributed by atoms with Gasteiger partial charge in [-0.1, -0.05) is 35.4 Å². The smallest absolute Gasteiger partial charge is 0.387 e. The number of allylic oxidation sites excluding steroid dienone is 1. The van der Waals surface area contributed by atoms with Gasteiger partial charge in [0, 0.05) is 21.7 Å². The van der Waals surface area contributed by atoms with E-state index in [4.69, 9.17) is 20.8 Å². The van der Waals surface area contributed by atoms with Gasteiger partial charge in [-0.25, -0.2) is 0 Å². The second-order valence-electron chi connectivity index (χ2n) is 8.11. The number of furan rings is 1. The van der Waals surface area contributed by atoms with E-state index >= 15 is 0 Å². The summed E-state index contributed by atoms with van der Waals surface area (Å²) in [5.41, 5.74) is 4.36. The van der Waals surface area contributed by atoms with Crippen LogP contribution in [0.15, 0.2) is 88.3 Å². The van der Waals surface area contributed by atoms with Crippen LogP contribution >= 0.6 is 11.6 Å². The summed E-state index contributed by atoms with van der Waals surface area (Å²) in [5.74, 6) is 1.74. The summed E-state index contributed by atoms with van der Waals surface area (Å²) in [7, 11) is 1.67. The van der Waals surface area contributed by atoms with Crippen molar-refractivity contribution in [1.29, 1.82) is 0 Å². The summed E-state index contributed by atoms with van der Waals surface area (Å²) in [4.78, 5) is 14.6. The minimum absolute atomic E-state index is 0.0515. The fourth-order valence-corrected chi connectivity index (χ4v) is 3.23. The Hall–Kier alpha value is -3.97. The Morgan fingerprint density at radius 2 is 1.61 bits per heavy atom. The minimum atomic E-state index is -2.83. The Bertz CT molecular complexity index is 1360. The molecule has 1 aromatic heterocycles. The number of ether oxygens (including phenoxy) is 2. The highest BCUT2D eigenvalue weighted by molar-refractivity contribution is 6.31. The molecule has 8 heteroatoms. The lowest BCUT2D eigenvalue weighted by Gasteiger charge is -2.02. The fraction of sp³-hybridized carbons (Fsp3) is 0.200. The number of aryl methyl sites for hydroxylation is 1. The zero-order chi connectivity index (χ0) is 28.1. The number of aldehydes is 1. The van der Waals surface area contributed by atoms with E-state index in [1.165, 1.54) is 29.8 Å². The lowest BCUT2D eigenvalue weighted by atomic mass is 10.2. The van der Waals surface area contributed by atoms with Crippen LogP contribution in [-0.4, -0.2) is 25.7 Å². The van der Waals surface area contributed by atoms with E-state index in [2.05, 4.69) is 16.7 Å². The van der Waals surface area contributed by atoms with E-state index < -0.39 is 6.61 Å². The molecule has 0 fully saturated rings. The van der Waals surface area contributed by atoms with Crippen molar-refractivity contribution in [2.75, 3.05) is 7.11 Å². The van der Waals surface area contributed by atoms with E-state index in [0.717, 1.165) is 33.9 Å². The molecule has 0 amide bonds. The molecule has 0 unspecified atom stereocenters. The number of rotatable bonds is 6. The molecule has 0 spiro atoms. The van der Waals surface area contributed by atoms with Gasteiger partial charge < -0.3 is 13.9 Å². The summed E-state index contributed by atoms with van der Waals surface area (Å²) in [5, 5.41) is 1.71. The number of halogens is 3. The number of benzene rings is 3. The van der Waals surface area contributed by atoms with Gasteiger partial charge in [0.25, 0.3) is 0 Å². The highest BCUT2D eigenvalue weighted by Gasteiger charge is 2.08. The van der Waals surface area contributed by atoms with Gasteiger partial charge in [-0.3, -0.25) is 9.79 Å². The molecule has 3 aromatic carbocycles. The van der Waals surface area contributed by atoms with E-state index in [9.17, 15) is 13.6 Å².